The van der Waals surface area contributed by atoms with Gasteiger partial charge in [0.1, 0.15) is 5.75 Å². The average Bonchev–Trinajstić information content (AvgIpc) is 2.47. The van der Waals surface area contributed by atoms with Gasteiger partial charge in [0.25, 0.3) is 0 Å². The Balaban J connectivity index is 1.75. The lowest BCUT2D eigenvalue weighted by Gasteiger charge is -2.30. The van der Waals surface area contributed by atoms with E-state index in [-0.39, 0.29) is 17.8 Å². The van der Waals surface area contributed by atoms with E-state index in [1.54, 1.807) is 24.3 Å². The molecule has 1 heterocycles. The Labute approximate surface area is 124 Å². The summed E-state index contributed by atoms with van der Waals surface area (Å²) in [6, 6.07) is 6.11. The number of hydrogen-bond acceptors (Lipinski definition) is 5. The quantitative estimate of drug-likeness (QED) is 0.694. The number of ether oxygens (including phenoxy) is 1. The van der Waals surface area contributed by atoms with Crippen molar-refractivity contribution >= 4 is 5.91 Å². The van der Waals surface area contributed by atoms with Crippen LogP contribution < -0.4 is 11.1 Å². The Hall–Kier alpha value is -1.63. The number of amides is 1. The number of rotatable bonds is 5. The van der Waals surface area contributed by atoms with Crippen molar-refractivity contribution in [2.45, 2.75) is 18.6 Å². The second-order valence-corrected chi connectivity index (χ2v) is 5.48. The molecule has 0 radical (unpaired) electrons. The van der Waals surface area contributed by atoms with Crippen molar-refractivity contribution in [3.05, 3.63) is 29.8 Å². The number of likely N-dealkylation sites (N-methyl/N-ethyl adjacent to an activating group) is 1. The minimum absolute atomic E-state index is 0.0218. The molecule has 116 valence electrons. The zero-order valence-electron chi connectivity index (χ0n) is 12.3. The molecule has 1 aliphatic heterocycles. The fourth-order valence-corrected chi connectivity index (χ4v) is 2.31. The van der Waals surface area contributed by atoms with Gasteiger partial charge in [0, 0.05) is 19.6 Å². The van der Waals surface area contributed by atoms with Gasteiger partial charge >= 0.3 is 0 Å². The van der Waals surface area contributed by atoms with Crippen molar-refractivity contribution in [1.82, 2.24) is 10.2 Å². The largest absolute Gasteiger partial charge is 0.508 e. The van der Waals surface area contributed by atoms with E-state index in [0.29, 0.717) is 19.6 Å². The summed E-state index contributed by atoms with van der Waals surface area (Å²) in [6.45, 7) is 2.90. The van der Waals surface area contributed by atoms with Gasteiger partial charge < -0.3 is 25.8 Å². The molecule has 0 spiro atoms. The molecule has 1 saturated heterocycles. The van der Waals surface area contributed by atoms with E-state index in [1.807, 2.05) is 7.05 Å². The molecule has 1 amide bonds. The summed E-state index contributed by atoms with van der Waals surface area (Å²) in [4.78, 5) is 14.2. The van der Waals surface area contributed by atoms with Gasteiger partial charge in [-0.1, -0.05) is 12.1 Å². The Morgan fingerprint density at radius 2 is 2.24 bits per heavy atom. The highest BCUT2D eigenvalue weighted by molar-refractivity contribution is 5.81. The van der Waals surface area contributed by atoms with E-state index in [1.165, 1.54) is 0 Å². The normalized spacial score (nSPS) is 21.0. The first kappa shape index (κ1) is 15.8. The van der Waals surface area contributed by atoms with E-state index < -0.39 is 6.04 Å². The van der Waals surface area contributed by atoms with Crippen LogP contribution >= 0.6 is 0 Å². The first-order chi connectivity index (χ1) is 10.0. The van der Waals surface area contributed by atoms with Gasteiger partial charge in [-0.25, -0.2) is 0 Å². The summed E-state index contributed by atoms with van der Waals surface area (Å²) in [7, 11) is 2.04. The first-order valence-corrected chi connectivity index (χ1v) is 7.16. The molecule has 0 bridgehead atoms. The van der Waals surface area contributed by atoms with Crippen LogP contribution in [0.25, 0.3) is 0 Å². The van der Waals surface area contributed by atoms with Crippen molar-refractivity contribution in [2.24, 2.45) is 5.73 Å². The van der Waals surface area contributed by atoms with Crippen LogP contribution in [0, 0.1) is 0 Å². The molecule has 0 aliphatic carbocycles. The fraction of sp³-hybridized carbons (Fsp3) is 0.533. The number of benzene rings is 1. The van der Waals surface area contributed by atoms with E-state index in [2.05, 4.69) is 10.2 Å². The molecule has 21 heavy (non-hydrogen) atoms. The van der Waals surface area contributed by atoms with Crippen molar-refractivity contribution in [2.75, 3.05) is 33.3 Å². The second-order valence-electron chi connectivity index (χ2n) is 5.48. The third kappa shape index (κ3) is 5.00. The lowest BCUT2D eigenvalue weighted by atomic mass is 10.1. The molecule has 0 aromatic heterocycles. The second kappa shape index (κ2) is 7.40. The van der Waals surface area contributed by atoms with Crippen molar-refractivity contribution in [3.8, 4) is 5.75 Å². The molecular formula is C15H23N3O3. The summed E-state index contributed by atoms with van der Waals surface area (Å²) in [5, 5.41) is 12.1. The maximum Gasteiger partial charge on any atom is 0.237 e. The van der Waals surface area contributed by atoms with Crippen LogP contribution in [-0.2, 0) is 16.0 Å². The van der Waals surface area contributed by atoms with Gasteiger partial charge in [-0.3, -0.25) is 4.79 Å². The maximum atomic E-state index is 12.0. The average molecular weight is 293 g/mol. The molecule has 6 heteroatoms. The van der Waals surface area contributed by atoms with Gasteiger partial charge in [-0.2, -0.15) is 0 Å². The summed E-state index contributed by atoms with van der Waals surface area (Å²) >= 11 is 0. The highest BCUT2D eigenvalue weighted by Gasteiger charge is 2.20. The number of carbonyl (C=O) groups is 1. The van der Waals surface area contributed by atoms with Crippen LogP contribution in [0.15, 0.2) is 24.3 Å². The van der Waals surface area contributed by atoms with Crippen LogP contribution in [0.2, 0.25) is 0 Å². The monoisotopic (exact) mass is 293 g/mol. The number of nitrogens with two attached hydrogens (primary N) is 1. The lowest BCUT2D eigenvalue weighted by Crippen LogP contribution is -2.49. The predicted octanol–water partition coefficient (Wildman–Crippen LogP) is -0.291. The van der Waals surface area contributed by atoms with Crippen molar-refractivity contribution < 1.29 is 14.6 Å². The third-order valence-corrected chi connectivity index (χ3v) is 3.57. The highest BCUT2D eigenvalue weighted by atomic mass is 16.5. The molecule has 2 atom stereocenters. The number of phenolic OH excluding ortho intramolecular Hbond substituents is 1. The van der Waals surface area contributed by atoms with E-state index in [0.717, 1.165) is 18.7 Å². The molecule has 1 unspecified atom stereocenters. The smallest absolute Gasteiger partial charge is 0.237 e. The SMILES string of the molecule is CN1CCOC(CNC(=O)[C@@H](N)Cc2ccc(O)cc2)C1. The molecule has 2 rings (SSSR count). The van der Waals surface area contributed by atoms with E-state index >= 15 is 0 Å². The summed E-state index contributed by atoms with van der Waals surface area (Å²) in [6.07, 6.45) is 0.464. The van der Waals surface area contributed by atoms with Gasteiger partial charge in [-0.05, 0) is 31.2 Å². The molecule has 4 N–H and O–H groups in total. The summed E-state index contributed by atoms with van der Waals surface area (Å²) in [5.41, 5.74) is 6.82. The number of aromatic hydroxyl groups is 1. The highest BCUT2D eigenvalue weighted by Crippen LogP contribution is 2.11. The van der Waals surface area contributed by atoms with Crippen LogP contribution in [0.4, 0.5) is 0 Å². The lowest BCUT2D eigenvalue weighted by molar-refractivity contribution is -0.123. The van der Waals surface area contributed by atoms with Crippen LogP contribution in [0.3, 0.4) is 0 Å². The molecule has 1 aromatic rings. The minimum atomic E-state index is -0.601. The van der Waals surface area contributed by atoms with Gasteiger partial charge in [0.2, 0.25) is 5.91 Å². The number of nitrogens with zero attached hydrogens (tertiary/aromatic N) is 1. The van der Waals surface area contributed by atoms with Gasteiger partial charge in [-0.15, -0.1) is 0 Å². The Morgan fingerprint density at radius 1 is 1.52 bits per heavy atom. The molecule has 1 aliphatic rings. The van der Waals surface area contributed by atoms with E-state index in [4.69, 9.17) is 10.5 Å². The number of carbonyl (C=O) groups excluding carboxylic acids is 1. The summed E-state index contributed by atoms with van der Waals surface area (Å²) < 4.78 is 5.58. The molecular weight excluding hydrogens is 270 g/mol. The fourth-order valence-electron chi connectivity index (χ4n) is 2.31. The van der Waals surface area contributed by atoms with Gasteiger partial charge in [0.05, 0.1) is 18.8 Å². The van der Waals surface area contributed by atoms with Crippen molar-refractivity contribution in [3.63, 3.8) is 0 Å². The van der Waals surface area contributed by atoms with Crippen LogP contribution in [-0.4, -0.2) is 61.3 Å². The molecule has 6 nitrogen and oxygen atoms in total. The Bertz CT molecular complexity index is 464. The molecule has 1 aromatic carbocycles. The van der Waals surface area contributed by atoms with Crippen LogP contribution in [0.1, 0.15) is 5.56 Å². The topological polar surface area (TPSA) is 87.8 Å². The standard InChI is InChI=1S/C15H23N3O3/c1-18-6-7-21-13(10-18)9-17-15(20)14(16)8-11-2-4-12(19)5-3-11/h2-5,13-14,19H,6-10,16H2,1H3,(H,17,20)/t13?,14-/m0/s1. The number of hydrogen-bond donors (Lipinski definition) is 3. The first-order valence-electron chi connectivity index (χ1n) is 7.16. The number of morpholine rings is 1. The zero-order valence-corrected chi connectivity index (χ0v) is 12.3. The molecule has 1 fully saturated rings. The van der Waals surface area contributed by atoms with Gasteiger partial charge in [0.15, 0.2) is 0 Å². The van der Waals surface area contributed by atoms with Crippen LogP contribution in [0.5, 0.6) is 5.75 Å². The van der Waals surface area contributed by atoms with Crippen molar-refractivity contribution in [1.29, 1.82) is 0 Å². The maximum absolute atomic E-state index is 12.0. The van der Waals surface area contributed by atoms with E-state index in [9.17, 15) is 9.90 Å². The predicted molar refractivity (Wildman–Crippen MR) is 80.0 cm³/mol. The summed E-state index contributed by atoms with van der Waals surface area (Å²) in [5.74, 6) is 0.0234. The Morgan fingerprint density at radius 3 is 2.90 bits per heavy atom. The molecule has 0 saturated carbocycles. The number of phenols is 1. The third-order valence-electron chi connectivity index (χ3n) is 3.57. The zero-order chi connectivity index (χ0) is 15.2. The Kier molecular flexibility index (Phi) is 5.55. The number of nitrogens with one attached hydrogen (secondary N) is 1. The minimum Gasteiger partial charge on any atom is -0.508 e.